The predicted molar refractivity (Wildman–Crippen MR) is 105 cm³/mol. The fourth-order valence-electron chi connectivity index (χ4n) is 2.40. The lowest BCUT2D eigenvalue weighted by Crippen LogP contribution is -2.04. The summed E-state index contributed by atoms with van der Waals surface area (Å²) in [4.78, 5) is 0. The van der Waals surface area contributed by atoms with E-state index in [2.05, 4.69) is 31.7 Å². The number of aliphatic hydroxyl groups excluding tert-OH is 1. The maximum Gasteiger partial charge on any atom is 0.0540 e. The number of hydrogen-bond donors (Lipinski definition) is 1. The zero-order valence-electron chi connectivity index (χ0n) is 15.0. The molecule has 1 unspecified atom stereocenters. The molecule has 0 aromatic heterocycles. The molecule has 0 aliphatic heterocycles. The van der Waals surface area contributed by atoms with Crippen molar-refractivity contribution in [2.24, 2.45) is 0 Å². The van der Waals surface area contributed by atoms with Crippen LogP contribution in [0.3, 0.4) is 0 Å². The molecule has 0 aromatic rings. The van der Waals surface area contributed by atoms with E-state index in [1.165, 1.54) is 44.9 Å². The average molecular weight is 317 g/mol. The summed E-state index contributed by atoms with van der Waals surface area (Å²) in [6.07, 6.45) is 29.9. The first-order valence-corrected chi connectivity index (χ1v) is 9.26. The Morgan fingerprint density at radius 1 is 0.739 bits per heavy atom. The number of allylic oxidation sites excluding steroid dienone is 9. The van der Waals surface area contributed by atoms with Crippen LogP contribution in [0.5, 0.6) is 0 Å². The van der Waals surface area contributed by atoms with Gasteiger partial charge in [0.25, 0.3) is 0 Å². The van der Waals surface area contributed by atoms with E-state index in [0.717, 1.165) is 19.3 Å². The van der Waals surface area contributed by atoms with Crippen LogP contribution in [0.15, 0.2) is 61.3 Å². The van der Waals surface area contributed by atoms with Crippen molar-refractivity contribution < 1.29 is 5.11 Å². The predicted octanol–water partition coefficient (Wildman–Crippen LogP) is 6.68. The van der Waals surface area contributed by atoms with Crippen molar-refractivity contribution in [3.8, 4) is 0 Å². The van der Waals surface area contributed by atoms with Crippen molar-refractivity contribution in [2.45, 2.75) is 77.2 Å². The molecule has 0 aromatic carbocycles. The molecule has 0 spiro atoms. The largest absolute Gasteiger partial charge is 0.393 e. The van der Waals surface area contributed by atoms with Gasteiger partial charge in [-0.15, -0.1) is 0 Å². The topological polar surface area (TPSA) is 20.2 Å². The standard InChI is InChI=1S/C22H36O/c1-3-5-6-7-8-9-10-11-12-13-14-15-16-17-18-19-21-22(23)20-4-2/h3,5-12,22-23H,1,4,13-21H2,2H3. The molecule has 0 bridgehead atoms. The van der Waals surface area contributed by atoms with Crippen LogP contribution in [0.25, 0.3) is 0 Å². The van der Waals surface area contributed by atoms with Crippen LogP contribution in [0, 0.1) is 0 Å². The Labute approximate surface area is 144 Å². The molecule has 0 aliphatic carbocycles. The van der Waals surface area contributed by atoms with Crippen LogP contribution < -0.4 is 0 Å². The summed E-state index contributed by atoms with van der Waals surface area (Å²) in [5.74, 6) is 0. The van der Waals surface area contributed by atoms with Gasteiger partial charge in [0.2, 0.25) is 0 Å². The van der Waals surface area contributed by atoms with Gasteiger partial charge >= 0.3 is 0 Å². The molecule has 0 rings (SSSR count). The quantitative estimate of drug-likeness (QED) is 0.264. The highest BCUT2D eigenvalue weighted by Crippen LogP contribution is 2.11. The molecule has 0 amide bonds. The molecule has 130 valence electrons. The van der Waals surface area contributed by atoms with E-state index in [9.17, 15) is 5.11 Å². The SMILES string of the molecule is C=CC=CC=CC=CC=CCCCCCCCCC(O)CCC. The molecule has 0 saturated carbocycles. The van der Waals surface area contributed by atoms with E-state index >= 15 is 0 Å². The van der Waals surface area contributed by atoms with Crippen LogP contribution in [0.2, 0.25) is 0 Å². The van der Waals surface area contributed by atoms with Crippen LogP contribution in [-0.4, -0.2) is 11.2 Å². The maximum absolute atomic E-state index is 9.64. The summed E-state index contributed by atoms with van der Waals surface area (Å²) >= 11 is 0. The Balaban J connectivity index is 3.34. The first-order chi connectivity index (χ1) is 11.3. The van der Waals surface area contributed by atoms with E-state index in [-0.39, 0.29) is 6.10 Å². The van der Waals surface area contributed by atoms with Gasteiger partial charge in [0, 0.05) is 0 Å². The van der Waals surface area contributed by atoms with Crippen LogP contribution in [0.1, 0.15) is 71.1 Å². The van der Waals surface area contributed by atoms with Gasteiger partial charge < -0.3 is 5.11 Å². The fourth-order valence-corrected chi connectivity index (χ4v) is 2.40. The number of hydrogen-bond acceptors (Lipinski definition) is 1. The lowest BCUT2D eigenvalue weighted by atomic mass is 10.0. The zero-order chi connectivity index (χ0) is 17.0. The van der Waals surface area contributed by atoms with E-state index in [0.29, 0.717) is 0 Å². The third-order valence-corrected chi connectivity index (χ3v) is 3.72. The zero-order valence-corrected chi connectivity index (χ0v) is 15.0. The summed E-state index contributed by atoms with van der Waals surface area (Å²) in [7, 11) is 0. The molecule has 0 saturated heterocycles. The molecular formula is C22H36O. The Bertz CT molecular complexity index is 360. The van der Waals surface area contributed by atoms with Gasteiger partial charge in [0.1, 0.15) is 0 Å². The average Bonchev–Trinajstić information content (AvgIpc) is 2.54. The molecule has 1 heteroatoms. The highest BCUT2D eigenvalue weighted by Gasteiger charge is 2.01. The van der Waals surface area contributed by atoms with Gasteiger partial charge in [-0.3, -0.25) is 0 Å². The molecular weight excluding hydrogens is 280 g/mol. The lowest BCUT2D eigenvalue weighted by Gasteiger charge is -2.08. The van der Waals surface area contributed by atoms with Gasteiger partial charge in [-0.2, -0.15) is 0 Å². The van der Waals surface area contributed by atoms with Crippen molar-refractivity contribution in [3.05, 3.63) is 61.3 Å². The highest BCUT2D eigenvalue weighted by atomic mass is 16.3. The Kier molecular flexibility index (Phi) is 17.6. The molecule has 1 nitrogen and oxygen atoms in total. The summed E-state index contributed by atoms with van der Waals surface area (Å²) < 4.78 is 0. The van der Waals surface area contributed by atoms with Crippen LogP contribution in [-0.2, 0) is 0 Å². The second-order valence-corrected chi connectivity index (χ2v) is 5.96. The third kappa shape index (κ3) is 18.6. The summed E-state index contributed by atoms with van der Waals surface area (Å²) in [6.45, 7) is 5.75. The summed E-state index contributed by atoms with van der Waals surface area (Å²) in [5, 5.41) is 9.64. The van der Waals surface area contributed by atoms with E-state index in [4.69, 9.17) is 0 Å². The summed E-state index contributed by atoms with van der Waals surface area (Å²) in [5.41, 5.74) is 0. The van der Waals surface area contributed by atoms with Gasteiger partial charge in [0.15, 0.2) is 0 Å². The summed E-state index contributed by atoms with van der Waals surface area (Å²) in [6, 6.07) is 0. The normalized spacial score (nSPS) is 13.8. The number of aliphatic hydroxyl groups is 1. The van der Waals surface area contributed by atoms with Crippen molar-refractivity contribution in [1.82, 2.24) is 0 Å². The first kappa shape index (κ1) is 21.7. The van der Waals surface area contributed by atoms with E-state index in [1.807, 2.05) is 30.4 Å². The third-order valence-electron chi connectivity index (χ3n) is 3.72. The van der Waals surface area contributed by atoms with Gasteiger partial charge in [0.05, 0.1) is 6.10 Å². The van der Waals surface area contributed by atoms with Crippen LogP contribution in [0.4, 0.5) is 0 Å². The number of unbranched alkanes of at least 4 members (excludes halogenated alkanes) is 6. The van der Waals surface area contributed by atoms with E-state index < -0.39 is 0 Å². The maximum atomic E-state index is 9.64. The molecule has 1 atom stereocenters. The minimum absolute atomic E-state index is 0.0638. The molecule has 0 radical (unpaired) electrons. The molecule has 0 fully saturated rings. The van der Waals surface area contributed by atoms with Crippen LogP contribution >= 0.6 is 0 Å². The second-order valence-electron chi connectivity index (χ2n) is 5.96. The minimum Gasteiger partial charge on any atom is -0.393 e. The van der Waals surface area contributed by atoms with Crippen molar-refractivity contribution in [3.63, 3.8) is 0 Å². The molecule has 23 heavy (non-hydrogen) atoms. The lowest BCUT2D eigenvalue weighted by molar-refractivity contribution is 0.150. The van der Waals surface area contributed by atoms with Gasteiger partial charge in [-0.25, -0.2) is 0 Å². The van der Waals surface area contributed by atoms with Crippen molar-refractivity contribution >= 4 is 0 Å². The smallest absolute Gasteiger partial charge is 0.0540 e. The fraction of sp³-hybridized carbons (Fsp3) is 0.545. The highest BCUT2D eigenvalue weighted by molar-refractivity contribution is 5.17. The van der Waals surface area contributed by atoms with Gasteiger partial charge in [-0.05, 0) is 25.7 Å². The Hall–Kier alpha value is -1.34. The molecule has 0 aliphatic rings. The van der Waals surface area contributed by atoms with Gasteiger partial charge in [-0.1, -0.05) is 107 Å². The van der Waals surface area contributed by atoms with Crippen molar-refractivity contribution in [2.75, 3.05) is 0 Å². The second kappa shape index (κ2) is 18.7. The molecule has 1 N–H and O–H groups in total. The first-order valence-electron chi connectivity index (χ1n) is 9.26. The monoisotopic (exact) mass is 316 g/mol. The van der Waals surface area contributed by atoms with E-state index in [1.54, 1.807) is 6.08 Å². The Morgan fingerprint density at radius 3 is 1.96 bits per heavy atom. The number of rotatable bonds is 15. The molecule has 0 heterocycles. The van der Waals surface area contributed by atoms with Crippen molar-refractivity contribution in [1.29, 1.82) is 0 Å². The Morgan fingerprint density at radius 2 is 1.30 bits per heavy atom. The minimum atomic E-state index is -0.0638.